The predicted molar refractivity (Wildman–Crippen MR) is 75.2 cm³/mol. The minimum Gasteiger partial charge on any atom is -0.490 e. The molecule has 20 heavy (non-hydrogen) atoms. The first-order valence-corrected chi connectivity index (χ1v) is 6.27. The van der Waals surface area contributed by atoms with Crippen molar-refractivity contribution in [3.05, 3.63) is 36.2 Å². The molecular formula is C15H16N2O3. The van der Waals surface area contributed by atoms with Gasteiger partial charge in [0.15, 0.2) is 6.29 Å². The van der Waals surface area contributed by atoms with Crippen molar-refractivity contribution in [2.75, 3.05) is 7.11 Å². The van der Waals surface area contributed by atoms with Crippen LogP contribution in [0.1, 0.15) is 24.2 Å². The molecule has 0 amide bonds. The zero-order chi connectivity index (χ0) is 14.5. The van der Waals surface area contributed by atoms with E-state index in [9.17, 15) is 4.79 Å². The molecule has 5 heteroatoms. The summed E-state index contributed by atoms with van der Waals surface area (Å²) in [5, 5.41) is 0. The Morgan fingerprint density at radius 3 is 2.45 bits per heavy atom. The first-order valence-electron chi connectivity index (χ1n) is 6.27. The number of hydrogen-bond acceptors (Lipinski definition) is 5. The number of carbonyl (C=O) groups is 1. The summed E-state index contributed by atoms with van der Waals surface area (Å²) in [5.74, 6) is 0.637. The van der Waals surface area contributed by atoms with E-state index in [0.29, 0.717) is 22.4 Å². The van der Waals surface area contributed by atoms with E-state index in [1.165, 1.54) is 7.11 Å². The molecule has 0 bridgehead atoms. The molecule has 0 atom stereocenters. The van der Waals surface area contributed by atoms with E-state index in [1.807, 2.05) is 19.9 Å². The molecule has 0 aliphatic rings. The molecule has 1 aromatic heterocycles. The quantitative estimate of drug-likeness (QED) is 0.783. The van der Waals surface area contributed by atoms with Gasteiger partial charge >= 0.3 is 6.01 Å². The summed E-state index contributed by atoms with van der Waals surface area (Å²) in [6, 6.07) is 5.63. The number of hydrogen-bond donors (Lipinski definition) is 0. The standard InChI is InChI=1S/C15H16N2O3/c1-10(2)20-13-6-4-5-11(9-18)14(13)12-7-16-15(19-3)17-8-12/h4-10H,1-3H3. The lowest BCUT2D eigenvalue weighted by atomic mass is 10.0. The van der Waals surface area contributed by atoms with Gasteiger partial charge in [0.1, 0.15) is 5.75 Å². The first-order chi connectivity index (χ1) is 9.65. The smallest absolute Gasteiger partial charge is 0.316 e. The Morgan fingerprint density at radius 1 is 1.20 bits per heavy atom. The molecule has 0 N–H and O–H groups in total. The highest BCUT2D eigenvalue weighted by Crippen LogP contribution is 2.33. The van der Waals surface area contributed by atoms with Crippen molar-refractivity contribution >= 4 is 6.29 Å². The van der Waals surface area contributed by atoms with Crippen LogP contribution in [0.25, 0.3) is 11.1 Å². The van der Waals surface area contributed by atoms with E-state index in [4.69, 9.17) is 9.47 Å². The largest absolute Gasteiger partial charge is 0.490 e. The summed E-state index contributed by atoms with van der Waals surface area (Å²) in [5.41, 5.74) is 1.94. The van der Waals surface area contributed by atoms with Gasteiger partial charge in [-0.3, -0.25) is 4.79 Å². The number of benzene rings is 1. The zero-order valence-corrected chi connectivity index (χ0v) is 11.7. The zero-order valence-electron chi connectivity index (χ0n) is 11.7. The summed E-state index contributed by atoms with van der Waals surface area (Å²) in [7, 11) is 1.50. The van der Waals surface area contributed by atoms with Crippen LogP contribution in [0.4, 0.5) is 0 Å². The van der Waals surface area contributed by atoms with Crippen LogP contribution in [-0.4, -0.2) is 29.5 Å². The fraction of sp³-hybridized carbons (Fsp3) is 0.267. The monoisotopic (exact) mass is 272 g/mol. The van der Waals surface area contributed by atoms with Crippen LogP contribution >= 0.6 is 0 Å². The number of aromatic nitrogens is 2. The molecular weight excluding hydrogens is 256 g/mol. The number of rotatable bonds is 5. The van der Waals surface area contributed by atoms with Crippen molar-refractivity contribution in [3.8, 4) is 22.9 Å². The second kappa shape index (κ2) is 6.14. The molecule has 0 radical (unpaired) electrons. The Hall–Kier alpha value is -2.43. The molecule has 0 saturated heterocycles. The highest BCUT2D eigenvalue weighted by atomic mass is 16.5. The number of ether oxygens (including phenoxy) is 2. The SMILES string of the molecule is COc1ncc(-c2c(C=O)cccc2OC(C)C)cn1. The Bertz CT molecular complexity index is 595. The fourth-order valence-corrected chi connectivity index (χ4v) is 1.86. The van der Waals surface area contributed by atoms with Crippen molar-refractivity contribution in [1.29, 1.82) is 0 Å². The molecule has 0 saturated carbocycles. The summed E-state index contributed by atoms with van der Waals surface area (Å²) < 4.78 is 10.7. The molecule has 2 rings (SSSR count). The molecule has 1 heterocycles. The van der Waals surface area contributed by atoms with Crippen LogP contribution in [0.2, 0.25) is 0 Å². The molecule has 0 aliphatic heterocycles. The lowest BCUT2D eigenvalue weighted by molar-refractivity contribution is 0.112. The summed E-state index contributed by atoms with van der Waals surface area (Å²) in [6.07, 6.45) is 4.03. The van der Waals surface area contributed by atoms with Gasteiger partial charge < -0.3 is 9.47 Å². The van der Waals surface area contributed by atoms with E-state index in [0.717, 1.165) is 6.29 Å². The third-order valence-corrected chi connectivity index (χ3v) is 2.65. The Balaban J connectivity index is 2.53. The number of carbonyl (C=O) groups excluding carboxylic acids is 1. The molecule has 104 valence electrons. The van der Waals surface area contributed by atoms with Gasteiger partial charge in [0.05, 0.1) is 13.2 Å². The number of aldehydes is 1. The molecule has 5 nitrogen and oxygen atoms in total. The van der Waals surface area contributed by atoms with Crippen molar-refractivity contribution < 1.29 is 14.3 Å². The minimum atomic E-state index is 0.00909. The molecule has 2 aromatic rings. The maximum Gasteiger partial charge on any atom is 0.316 e. The normalized spacial score (nSPS) is 10.4. The molecule has 0 spiro atoms. The van der Waals surface area contributed by atoms with E-state index in [1.54, 1.807) is 24.5 Å². The van der Waals surface area contributed by atoms with Crippen molar-refractivity contribution in [3.63, 3.8) is 0 Å². The molecule has 0 aliphatic carbocycles. The van der Waals surface area contributed by atoms with Gasteiger partial charge in [0.25, 0.3) is 0 Å². The Kier molecular flexibility index (Phi) is 4.30. The third-order valence-electron chi connectivity index (χ3n) is 2.65. The molecule has 0 unspecified atom stereocenters. The maximum absolute atomic E-state index is 11.2. The van der Waals surface area contributed by atoms with E-state index >= 15 is 0 Å². The molecule has 0 fully saturated rings. The van der Waals surface area contributed by atoms with Crippen LogP contribution < -0.4 is 9.47 Å². The summed E-state index contributed by atoms with van der Waals surface area (Å²) in [6.45, 7) is 3.86. The average molecular weight is 272 g/mol. The summed E-state index contributed by atoms with van der Waals surface area (Å²) >= 11 is 0. The lowest BCUT2D eigenvalue weighted by Crippen LogP contribution is -2.07. The van der Waals surface area contributed by atoms with Gasteiger partial charge in [-0.25, -0.2) is 9.97 Å². The highest BCUT2D eigenvalue weighted by Gasteiger charge is 2.13. The van der Waals surface area contributed by atoms with E-state index < -0.39 is 0 Å². The third kappa shape index (κ3) is 2.93. The van der Waals surface area contributed by atoms with Gasteiger partial charge in [-0.1, -0.05) is 12.1 Å². The summed E-state index contributed by atoms with van der Waals surface area (Å²) in [4.78, 5) is 19.4. The highest BCUT2D eigenvalue weighted by molar-refractivity contribution is 5.90. The van der Waals surface area contributed by atoms with Crippen molar-refractivity contribution in [2.45, 2.75) is 20.0 Å². The second-order valence-electron chi connectivity index (χ2n) is 4.46. The van der Waals surface area contributed by atoms with Crippen molar-refractivity contribution in [2.24, 2.45) is 0 Å². The fourth-order valence-electron chi connectivity index (χ4n) is 1.86. The second-order valence-corrected chi connectivity index (χ2v) is 4.46. The van der Waals surface area contributed by atoms with Crippen LogP contribution in [-0.2, 0) is 0 Å². The minimum absolute atomic E-state index is 0.00909. The lowest BCUT2D eigenvalue weighted by Gasteiger charge is -2.15. The van der Waals surface area contributed by atoms with Crippen LogP contribution in [0.3, 0.4) is 0 Å². The van der Waals surface area contributed by atoms with Gasteiger partial charge in [-0.2, -0.15) is 0 Å². The topological polar surface area (TPSA) is 61.3 Å². The van der Waals surface area contributed by atoms with Gasteiger partial charge in [0, 0.05) is 29.1 Å². The van der Waals surface area contributed by atoms with Crippen LogP contribution in [0.15, 0.2) is 30.6 Å². The first kappa shape index (κ1) is 14.0. The Morgan fingerprint density at radius 2 is 1.90 bits per heavy atom. The molecule has 1 aromatic carbocycles. The van der Waals surface area contributed by atoms with E-state index in [-0.39, 0.29) is 12.1 Å². The van der Waals surface area contributed by atoms with Gasteiger partial charge in [0.2, 0.25) is 0 Å². The maximum atomic E-state index is 11.2. The number of methoxy groups -OCH3 is 1. The van der Waals surface area contributed by atoms with E-state index in [2.05, 4.69) is 9.97 Å². The van der Waals surface area contributed by atoms with Crippen LogP contribution in [0.5, 0.6) is 11.8 Å². The number of nitrogens with zero attached hydrogens (tertiary/aromatic N) is 2. The average Bonchev–Trinajstić information content (AvgIpc) is 2.46. The van der Waals surface area contributed by atoms with Gasteiger partial charge in [-0.05, 0) is 19.9 Å². The van der Waals surface area contributed by atoms with Crippen LogP contribution in [0, 0.1) is 0 Å². The van der Waals surface area contributed by atoms with Crippen molar-refractivity contribution in [1.82, 2.24) is 9.97 Å². The predicted octanol–water partition coefficient (Wildman–Crippen LogP) is 2.75. The van der Waals surface area contributed by atoms with Gasteiger partial charge in [-0.15, -0.1) is 0 Å². The Labute approximate surface area is 117 Å².